The summed E-state index contributed by atoms with van der Waals surface area (Å²) >= 11 is 0. The lowest BCUT2D eigenvalue weighted by Crippen LogP contribution is -2.54. The lowest BCUT2D eigenvalue weighted by Gasteiger charge is -2.47. The molecule has 0 aromatic carbocycles. The third kappa shape index (κ3) is 2.46. The largest absolute Gasteiger partial charge is 0.374 e. The van der Waals surface area contributed by atoms with E-state index in [1.807, 2.05) is 0 Å². The molecule has 2 heterocycles. The zero-order valence-corrected chi connectivity index (χ0v) is 10.7. The molecule has 0 radical (unpaired) electrons. The van der Waals surface area contributed by atoms with E-state index in [0.29, 0.717) is 25.2 Å². The van der Waals surface area contributed by atoms with Crippen LogP contribution >= 0.6 is 0 Å². The Morgan fingerprint density at radius 3 is 2.38 bits per heavy atom. The highest BCUT2D eigenvalue weighted by molar-refractivity contribution is 5.80. The van der Waals surface area contributed by atoms with Crippen molar-refractivity contribution in [2.75, 3.05) is 19.7 Å². The number of likely N-dealkylation sites (tertiary alicyclic amines) is 1. The van der Waals surface area contributed by atoms with Crippen LogP contribution in [0.15, 0.2) is 0 Å². The molecule has 0 unspecified atom stereocenters. The first-order valence-corrected chi connectivity index (χ1v) is 6.32. The maximum Gasteiger partial charge on any atom is 0.138 e. The van der Waals surface area contributed by atoms with Crippen LogP contribution in [0.1, 0.15) is 46.5 Å². The Hall–Kier alpha value is -0.410. The lowest BCUT2D eigenvalue weighted by atomic mass is 9.83. The summed E-state index contributed by atoms with van der Waals surface area (Å²) in [5.41, 5.74) is 0.122. The van der Waals surface area contributed by atoms with Gasteiger partial charge in [-0.15, -0.1) is 0 Å². The van der Waals surface area contributed by atoms with E-state index in [2.05, 4.69) is 25.7 Å². The summed E-state index contributed by atoms with van der Waals surface area (Å²) in [4.78, 5) is 14.0. The van der Waals surface area contributed by atoms with Gasteiger partial charge in [0.2, 0.25) is 0 Å². The molecular weight excluding hydrogens is 202 g/mol. The Morgan fingerprint density at radius 2 is 1.88 bits per heavy atom. The van der Waals surface area contributed by atoms with Crippen molar-refractivity contribution in [3.05, 3.63) is 0 Å². The minimum Gasteiger partial charge on any atom is -0.374 e. The minimum absolute atomic E-state index is 0.114. The van der Waals surface area contributed by atoms with Crippen LogP contribution in [0.3, 0.4) is 0 Å². The summed E-state index contributed by atoms with van der Waals surface area (Å²) in [7, 11) is 0. The Bertz CT molecular complexity index is 272. The van der Waals surface area contributed by atoms with Crippen molar-refractivity contribution in [1.29, 1.82) is 0 Å². The van der Waals surface area contributed by atoms with E-state index in [9.17, 15) is 4.79 Å². The van der Waals surface area contributed by atoms with Gasteiger partial charge < -0.3 is 4.74 Å². The second-order valence-corrected chi connectivity index (χ2v) is 6.15. The predicted octanol–water partition coefficient (Wildman–Crippen LogP) is 2.00. The Kier molecular flexibility index (Phi) is 3.10. The summed E-state index contributed by atoms with van der Waals surface area (Å²) in [5.74, 6) is 0.385. The monoisotopic (exact) mass is 225 g/mol. The van der Waals surface area contributed by atoms with Gasteiger partial charge in [0, 0.05) is 31.5 Å². The van der Waals surface area contributed by atoms with E-state index in [-0.39, 0.29) is 11.1 Å². The minimum atomic E-state index is -0.114. The van der Waals surface area contributed by atoms with E-state index in [4.69, 9.17) is 4.74 Å². The molecule has 2 saturated heterocycles. The molecule has 0 atom stereocenters. The molecule has 0 aromatic rings. The van der Waals surface area contributed by atoms with Crippen LogP contribution in [0.25, 0.3) is 0 Å². The van der Waals surface area contributed by atoms with Crippen LogP contribution in [0.4, 0.5) is 0 Å². The number of carbonyl (C=O) groups excluding carboxylic acids is 1. The van der Waals surface area contributed by atoms with Gasteiger partial charge in [-0.3, -0.25) is 9.69 Å². The number of rotatable bonds is 0. The number of piperidine rings is 1. The number of ketones is 1. The lowest BCUT2D eigenvalue weighted by molar-refractivity contribution is -0.149. The molecule has 0 aromatic heterocycles. The molecule has 1 spiro atoms. The third-order valence-electron chi connectivity index (χ3n) is 3.93. The molecule has 2 fully saturated rings. The molecule has 0 aliphatic carbocycles. The highest BCUT2D eigenvalue weighted by atomic mass is 16.5. The number of carbonyl (C=O) groups is 1. The molecule has 92 valence electrons. The van der Waals surface area contributed by atoms with Crippen molar-refractivity contribution >= 4 is 5.78 Å². The molecule has 2 aliphatic rings. The first kappa shape index (κ1) is 12.1. The molecule has 0 saturated carbocycles. The second kappa shape index (κ2) is 4.11. The summed E-state index contributed by atoms with van der Waals surface area (Å²) < 4.78 is 5.89. The molecule has 2 rings (SSSR count). The van der Waals surface area contributed by atoms with Gasteiger partial charge in [-0.25, -0.2) is 0 Å². The molecule has 2 aliphatic heterocycles. The van der Waals surface area contributed by atoms with Gasteiger partial charge in [-0.1, -0.05) is 0 Å². The highest BCUT2D eigenvalue weighted by Gasteiger charge is 2.41. The highest BCUT2D eigenvalue weighted by Crippen LogP contribution is 2.35. The molecular formula is C13H23NO2. The van der Waals surface area contributed by atoms with E-state index < -0.39 is 0 Å². The van der Waals surface area contributed by atoms with Crippen molar-refractivity contribution in [3.63, 3.8) is 0 Å². The van der Waals surface area contributed by atoms with Crippen molar-refractivity contribution < 1.29 is 9.53 Å². The van der Waals surface area contributed by atoms with Crippen LogP contribution < -0.4 is 0 Å². The van der Waals surface area contributed by atoms with Gasteiger partial charge in [0.05, 0.1) is 12.2 Å². The van der Waals surface area contributed by atoms with E-state index >= 15 is 0 Å². The number of hydrogen-bond donors (Lipinski definition) is 0. The predicted molar refractivity (Wildman–Crippen MR) is 63.5 cm³/mol. The van der Waals surface area contributed by atoms with Gasteiger partial charge in [0.15, 0.2) is 0 Å². The van der Waals surface area contributed by atoms with Gasteiger partial charge >= 0.3 is 0 Å². The fourth-order valence-corrected chi connectivity index (χ4v) is 2.79. The summed E-state index contributed by atoms with van der Waals surface area (Å²) in [6.45, 7) is 9.48. The smallest absolute Gasteiger partial charge is 0.138 e. The van der Waals surface area contributed by atoms with Crippen molar-refractivity contribution in [3.8, 4) is 0 Å². The molecule has 3 nitrogen and oxygen atoms in total. The molecule has 0 N–H and O–H groups in total. The average Bonchev–Trinajstić information content (AvgIpc) is 2.16. The normalized spacial score (nSPS) is 27.3. The van der Waals surface area contributed by atoms with Gasteiger partial charge in [0.25, 0.3) is 0 Å². The quantitative estimate of drug-likeness (QED) is 0.631. The first-order chi connectivity index (χ1) is 7.41. The summed E-state index contributed by atoms with van der Waals surface area (Å²) in [6.07, 6.45) is 3.28. The van der Waals surface area contributed by atoms with Crippen molar-refractivity contribution in [1.82, 2.24) is 4.90 Å². The zero-order chi connectivity index (χ0) is 11.8. The van der Waals surface area contributed by atoms with E-state index in [1.165, 1.54) is 0 Å². The summed E-state index contributed by atoms with van der Waals surface area (Å²) in [6, 6.07) is 0. The maximum absolute atomic E-state index is 11.5. The van der Waals surface area contributed by atoms with Gasteiger partial charge in [0.1, 0.15) is 5.78 Å². The van der Waals surface area contributed by atoms with E-state index in [0.717, 1.165) is 25.9 Å². The van der Waals surface area contributed by atoms with E-state index in [1.54, 1.807) is 0 Å². The van der Waals surface area contributed by atoms with Gasteiger partial charge in [-0.2, -0.15) is 0 Å². The van der Waals surface area contributed by atoms with Crippen molar-refractivity contribution in [2.24, 2.45) is 0 Å². The Morgan fingerprint density at radius 1 is 1.25 bits per heavy atom. The fourth-order valence-electron chi connectivity index (χ4n) is 2.79. The number of nitrogens with zero attached hydrogens (tertiary/aromatic N) is 1. The number of hydrogen-bond acceptors (Lipinski definition) is 3. The topological polar surface area (TPSA) is 29.5 Å². The Balaban J connectivity index is 1.96. The van der Waals surface area contributed by atoms with Crippen molar-refractivity contribution in [2.45, 2.75) is 57.6 Å². The SMILES string of the molecule is CC(C)(C)N1CCC2(CC1)CC(=O)CCO2. The fraction of sp³-hybridized carbons (Fsp3) is 0.923. The molecule has 3 heteroatoms. The second-order valence-electron chi connectivity index (χ2n) is 6.15. The van der Waals surface area contributed by atoms with Crippen LogP contribution in [-0.2, 0) is 9.53 Å². The maximum atomic E-state index is 11.5. The van der Waals surface area contributed by atoms with Crippen LogP contribution in [-0.4, -0.2) is 41.5 Å². The Labute approximate surface area is 98.1 Å². The molecule has 16 heavy (non-hydrogen) atoms. The average molecular weight is 225 g/mol. The third-order valence-corrected chi connectivity index (χ3v) is 3.93. The number of Topliss-reactive ketones (excluding diaryl/α,β-unsaturated/α-hetero) is 1. The van der Waals surface area contributed by atoms with Crippen LogP contribution in [0.5, 0.6) is 0 Å². The van der Waals surface area contributed by atoms with Crippen LogP contribution in [0, 0.1) is 0 Å². The van der Waals surface area contributed by atoms with Gasteiger partial charge in [-0.05, 0) is 33.6 Å². The first-order valence-electron chi connectivity index (χ1n) is 6.32. The van der Waals surface area contributed by atoms with Crippen LogP contribution in [0.2, 0.25) is 0 Å². The standard InChI is InChI=1S/C13H23NO2/c1-12(2,3)14-7-5-13(6-8-14)10-11(15)4-9-16-13/h4-10H2,1-3H3. The molecule has 0 amide bonds. The summed E-state index contributed by atoms with van der Waals surface area (Å²) in [5, 5.41) is 0. The molecule has 0 bridgehead atoms. The zero-order valence-electron chi connectivity index (χ0n) is 10.7. The number of ether oxygens (including phenoxy) is 1.